The smallest absolute Gasteiger partial charge is 0.303 e. The van der Waals surface area contributed by atoms with Crippen LogP contribution >= 0.6 is 0 Å². The highest BCUT2D eigenvalue weighted by Crippen LogP contribution is 2.65. The third-order valence-electron chi connectivity index (χ3n) is 8.94. The van der Waals surface area contributed by atoms with Crippen LogP contribution in [0.3, 0.4) is 0 Å². The Bertz CT molecular complexity index is 834. The maximum absolute atomic E-state index is 11.9. The number of fused-ring (bicyclic) bond motifs is 5. The molecule has 32 heavy (non-hydrogen) atoms. The van der Waals surface area contributed by atoms with Crippen LogP contribution in [0.4, 0.5) is 0 Å². The molecule has 0 aromatic carbocycles. The monoisotopic (exact) mass is 448 g/mol. The van der Waals surface area contributed by atoms with Gasteiger partial charge in [0.1, 0.15) is 18.3 Å². The quantitative estimate of drug-likeness (QED) is 0.402. The van der Waals surface area contributed by atoms with Gasteiger partial charge in [0, 0.05) is 32.6 Å². The lowest BCUT2D eigenvalue weighted by Gasteiger charge is -2.58. The van der Waals surface area contributed by atoms with E-state index in [-0.39, 0.29) is 52.6 Å². The van der Waals surface area contributed by atoms with Crippen molar-refractivity contribution in [1.29, 1.82) is 0 Å². The van der Waals surface area contributed by atoms with E-state index in [0.29, 0.717) is 12.8 Å². The van der Waals surface area contributed by atoms with Crippen molar-refractivity contribution in [3.63, 3.8) is 0 Å². The van der Waals surface area contributed by atoms with Crippen molar-refractivity contribution in [3.05, 3.63) is 11.6 Å². The zero-order chi connectivity index (χ0) is 23.4. The van der Waals surface area contributed by atoms with Crippen LogP contribution in [0.25, 0.3) is 0 Å². The summed E-state index contributed by atoms with van der Waals surface area (Å²) in [6.07, 6.45) is 4.98. The molecule has 4 aliphatic rings. The molecule has 7 nitrogen and oxygen atoms in total. The second-order valence-corrected chi connectivity index (χ2v) is 10.8. The predicted molar refractivity (Wildman–Crippen MR) is 115 cm³/mol. The minimum absolute atomic E-state index is 0.00592. The van der Waals surface area contributed by atoms with Crippen molar-refractivity contribution in [3.8, 4) is 0 Å². The van der Waals surface area contributed by atoms with E-state index in [1.165, 1.54) is 26.3 Å². The highest BCUT2D eigenvalue weighted by atomic mass is 16.6. The van der Waals surface area contributed by atoms with Gasteiger partial charge in [0.2, 0.25) is 0 Å². The van der Waals surface area contributed by atoms with E-state index in [2.05, 4.69) is 13.8 Å². The fraction of sp³-hybridized carbons (Fsp3) is 0.800. The maximum Gasteiger partial charge on any atom is 0.303 e. The van der Waals surface area contributed by atoms with E-state index in [1.54, 1.807) is 0 Å². The number of rotatable bonds is 3. The molecule has 0 heterocycles. The minimum atomic E-state index is -0.627. The van der Waals surface area contributed by atoms with Crippen molar-refractivity contribution < 1.29 is 33.7 Å². The Morgan fingerprint density at radius 3 is 2.22 bits per heavy atom. The summed E-state index contributed by atoms with van der Waals surface area (Å²) in [6, 6.07) is 0. The third-order valence-corrected chi connectivity index (χ3v) is 8.94. The van der Waals surface area contributed by atoms with Gasteiger partial charge < -0.3 is 19.3 Å². The molecular weight excluding hydrogens is 412 g/mol. The first-order valence-corrected chi connectivity index (χ1v) is 11.9. The lowest BCUT2D eigenvalue weighted by molar-refractivity contribution is -0.174. The van der Waals surface area contributed by atoms with Gasteiger partial charge in [-0.25, -0.2) is 0 Å². The fourth-order valence-corrected chi connectivity index (χ4v) is 7.61. The fourth-order valence-electron chi connectivity index (χ4n) is 7.61. The summed E-state index contributed by atoms with van der Waals surface area (Å²) in [5.74, 6) is -0.660. The first-order valence-electron chi connectivity index (χ1n) is 11.9. The number of aliphatic hydroxyl groups is 1. The van der Waals surface area contributed by atoms with E-state index in [0.717, 1.165) is 25.7 Å². The van der Waals surface area contributed by atoms with Crippen molar-refractivity contribution in [2.24, 2.45) is 28.6 Å². The molecule has 4 rings (SSSR count). The van der Waals surface area contributed by atoms with E-state index in [9.17, 15) is 19.5 Å². The summed E-state index contributed by atoms with van der Waals surface area (Å²) in [4.78, 5) is 35.1. The van der Waals surface area contributed by atoms with Gasteiger partial charge in [-0.15, -0.1) is 0 Å². The van der Waals surface area contributed by atoms with Crippen LogP contribution < -0.4 is 0 Å². The Morgan fingerprint density at radius 2 is 1.59 bits per heavy atom. The molecule has 178 valence electrons. The summed E-state index contributed by atoms with van der Waals surface area (Å²) in [5, 5.41) is 11.3. The lowest BCUT2D eigenvalue weighted by Crippen LogP contribution is -2.55. The zero-order valence-electron chi connectivity index (χ0n) is 19.8. The molecule has 0 amide bonds. The second-order valence-electron chi connectivity index (χ2n) is 10.8. The summed E-state index contributed by atoms with van der Waals surface area (Å²) in [5.41, 5.74) is 0.779. The number of aliphatic hydroxyl groups excluding tert-OH is 1. The molecule has 0 spiro atoms. The molecule has 0 radical (unpaired) electrons. The lowest BCUT2D eigenvalue weighted by atomic mass is 9.47. The highest BCUT2D eigenvalue weighted by molar-refractivity contribution is 5.67. The van der Waals surface area contributed by atoms with Crippen LogP contribution in [0.2, 0.25) is 0 Å². The molecule has 0 aromatic heterocycles. The molecule has 7 heteroatoms. The van der Waals surface area contributed by atoms with Crippen LogP contribution in [0, 0.1) is 28.6 Å². The Labute approximate surface area is 189 Å². The number of esters is 3. The third kappa shape index (κ3) is 3.76. The van der Waals surface area contributed by atoms with Crippen molar-refractivity contribution in [2.75, 3.05) is 0 Å². The normalized spacial score (nSPS) is 44.9. The Hall–Kier alpha value is -1.89. The van der Waals surface area contributed by atoms with E-state index in [4.69, 9.17) is 14.2 Å². The van der Waals surface area contributed by atoms with Crippen LogP contribution in [0.15, 0.2) is 11.6 Å². The van der Waals surface area contributed by atoms with Gasteiger partial charge in [-0.1, -0.05) is 25.5 Å². The number of hydrogen-bond donors (Lipinski definition) is 1. The molecule has 0 unspecified atom stereocenters. The first-order chi connectivity index (χ1) is 15.0. The highest BCUT2D eigenvalue weighted by Gasteiger charge is 2.65. The van der Waals surface area contributed by atoms with Gasteiger partial charge in [0.05, 0.1) is 6.10 Å². The molecule has 0 bridgehead atoms. The van der Waals surface area contributed by atoms with Crippen molar-refractivity contribution in [1.82, 2.24) is 0 Å². The standard InChI is InChI=1S/C25H36O7/c1-13(26)30-17-6-8-24(4)16(10-17)11-20(29)22-18(24)7-9-25(5)19(22)12-21(31-14(2)27)23(25)32-15(3)28/h11,17-23,29H,6-10,12H2,1-5H3/t17-,18+,19+,20+,21-,22-,23+,24+,25+/m1/s1. The maximum atomic E-state index is 11.9. The number of hydrogen-bond acceptors (Lipinski definition) is 7. The van der Waals surface area contributed by atoms with Gasteiger partial charge in [-0.3, -0.25) is 14.4 Å². The van der Waals surface area contributed by atoms with E-state index >= 15 is 0 Å². The molecule has 0 aromatic rings. The second kappa shape index (κ2) is 8.15. The van der Waals surface area contributed by atoms with Crippen molar-refractivity contribution >= 4 is 17.9 Å². The Balaban J connectivity index is 1.65. The molecule has 0 aliphatic heterocycles. The van der Waals surface area contributed by atoms with E-state index in [1.807, 2.05) is 6.08 Å². The average Bonchev–Trinajstić information content (AvgIpc) is 2.93. The number of carbonyl (C=O) groups is 3. The van der Waals surface area contributed by atoms with Gasteiger partial charge >= 0.3 is 17.9 Å². The molecule has 4 aliphatic carbocycles. The van der Waals surface area contributed by atoms with E-state index < -0.39 is 18.3 Å². The SMILES string of the molecule is CC(=O)O[C@@H]1CC[C@@]2(C)C(=C[C@H](O)[C@H]3[C@@H]4C[C@@H](OC(C)=O)[C@H](OC(C)=O)[C@@]4(C)CC[C@@H]32)C1. The summed E-state index contributed by atoms with van der Waals surface area (Å²) >= 11 is 0. The first kappa shape index (κ1) is 23.3. The molecule has 3 fully saturated rings. The number of ether oxygens (including phenoxy) is 3. The average molecular weight is 449 g/mol. The predicted octanol–water partition coefficient (Wildman–Crippen LogP) is 3.33. The molecule has 9 atom stereocenters. The van der Waals surface area contributed by atoms with Gasteiger partial charge in [-0.05, 0) is 55.3 Å². The zero-order valence-corrected chi connectivity index (χ0v) is 19.8. The van der Waals surface area contributed by atoms with Crippen LogP contribution in [0.5, 0.6) is 0 Å². The summed E-state index contributed by atoms with van der Waals surface area (Å²) < 4.78 is 16.8. The largest absolute Gasteiger partial charge is 0.462 e. The molecular formula is C25H36O7. The Morgan fingerprint density at radius 1 is 0.938 bits per heavy atom. The molecule has 3 saturated carbocycles. The number of carbonyl (C=O) groups excluding carboxylic acids is 3. The van der Waals surface area contributed by atoms with Gasteiger partial charge in [0.25, 0.3) is 0 Å². The van der Waals surface area contributed by atoms with Crippen LogP contribution in [-0.4, -0.2) is 47.4 Å². The van der Waals surface area contributed by atoms with Crippen molar-refractivity contribution in [2.45, 2.75) is 97.6 Å². The van der Waals surface area contributed by atoms with Crippen LogP contribution in [0.1, 0.15) is 73.1 Å². The molecule has 1 N–H and O–H groups in total. The van der Waals surface area contributed by atoms with Gasteiger partial charge in [0.15, 0.2) is 0 Å². The summed E-state index contributed by atoms with van der Waals surface area (Å²) in [6.45, 7) is 8.62. The Kier molecular flexibility index (Phi) is 5.93. The summed E-state index contributed by atoms with van der Waals surface area (Å²) in [7, 11) is 0. The topological polar surface area (TPSA) is 99.1 Å². The van der Waals surface area contributed by atoms with Gasteiger partial charge in [-0.2, -0.15) is 0 Å². The molecule has 0 saturated heterocycles. The van der Waals surface area contributed by atoms with Crippen LogP contribution in [-0.2, 0) is 28.6 Å². The minimum Gasteiger partial charge on any atom is -0.462 e.